The summed E-state index contributed by atoms with van der Waals surface area (Å²) in [6.45, 7) is 7.55. The topological polar surface area (TPSA) is 81.8 Å². The van der Waals surface area contributed by atoms with Crippen LogP contribution in [-0.4, -0.2) is 23.4 Å². The van der Waals surface area contributed by atoms with Crippen LogP contribution in [0.25, 0.3) is 6.08 Å². The van der Waals surface area contributed by atoms with Gasteiger partial charge in [0.2, 0.25) is 6.79 Å². The van der Waals surface area contributed by atoms with Crippen molar-refractivity contribution in [3.05, 3.63) is 39.6 Å². The van der Waals surface area contributed by atoms with Gasteiger partial charge in [-0.2, -0.15) is 0 Å². The highest BCUT2D eigenvalue weighted by Gasteiger charge is 2.14. The zero-order valence-corrected chi connectivity index (χ0v) is 12.3. The molecule has 1 aromatic rings. The molecule has 0 atom stereocenters. The molecular formula is C14H21NO5. The average Bonchev–Trinajstić information content (AvgIpc) is 2.96. The molecule has 1 aliphatic heterocycles. The summed E-state index contributed by atoms with van der Waals surface area (Å²) in [6, 6.07) is 4.96. The predicted octanol–water partition coefficient (Wildman–Crippen LogP) is 3.08. The van der Waals surface area contributed by atoms with Crippen molar-refractivity contribution in [2.45, 2.75) is 27.7 Å². The Kier molecular flexibility index (Phi) is 8.78. The van der Waals surface area contributed by atoms with Crippen LogP contribution >= 0.6 is 0 Å². The summed E-state index contributed by atoms with van der Waals surface area (Å²) in [5.41, 5.74) is 0.323. The summed E-state index contributed by atoms with van der Waals surface area (Å²) in [4.78, 5) is 9.87. The Balaban J connectivity index is 0.000000829. The first-order valence-corrected chi connectivity index (χ1v) is 6.56. The van der Waals surface area contributed by atoms with Crippen LogP contribution in [0.15, 0.2) is 23.9 Å². The van der Waals surface area contributed by atoms with Gasteiger partial charge in [0, 0.05) is 6.08 Å². The van der Waals surface area contributed by atoms with Crippen LogP contribution in [0.3, 0.4) is 0 Å². The van der Waals surface area contributed by atoms with Gasteiger partial charge in [0.1, 0.15) is 6.61 Å². The molecule has 0 saturated heterocycles. The largest absolute Gasteiger partial charge is 0.454 e. The maximum absolute atomic E-state index is 10.5. The Labute approximate surface area is 118 Å². The van der Waals surface area contributed by atoms with Crippen molar-refractivity contribution in [1.82, 2.24) is 0 Å². The number of hydrogen-bond acceptors (Lipinski definition) is 5. The lowest BCUT2D eigenvalue weighted by Gasteiger charge is -1.98. The van der Waals surface area contributed by atoms with Gasteiger partial charge in [-0.3, -0.25) is 10.1 Å². The van der Waals surface area contributed by atoms with E-state index in [0.29, 0.717) is 17.1 Å². The third-order valence-corrected chi connectivity index (χ3v) is 2.13. The SMILES string of the molecule is CC.CC.O=[N+]([O-])/C(=C/c1ccc2c(c1)OCO2)CO. The van der Waals surface area contributed by atoms with Gasteiger partial charge in [0.05, 0.1) is 4.92 Å². The van der Waals surface area contributed by atoms with Gasteiger partial charge in [-0.25, -0.2) is 0 Å². The Hall–Kier alpha value is -2.08. The molecule has 0 bridgehead atoms. The Morgan fingerprint density at radius 3 is 2.45 bits per heavy atom. The van der Waals surface area contributed by atoms with E-state index >= 15 is 0 Å². The van der Waals surface area contributed by atoms with Crippen molar-refractivity contribution in [1.29, 1.82) is 0 Å². The minimum atomic E-state index is -0.620. The van der Waals surface area contributed by atoms with Crippen molar-refractivity contribution < 1.29 is 19.5 Å². The molecule has 0 unspecified atom stereocenters. The molecule has 1 heterocycles. The van der Waals surface area contributed by atoms with Gasteiger partial charge in [0.25, 0.3) is 5.70 Å². The number of rotatable bonds is 3. The molecular weight excluding hydrogens is 262 g/mol. The molecule has 0 amide bonds. The molecule has 0 saturated carbocycles. The zero-order valence-electron chi connectivity index (χ0n) is 12.3. The Morgan fingerprint density at radius 2 is 1.90 bits per heavy atom. The van der Waals surface area contributed by atoms with Crippen molar-refractivity contribution in [2.75, 3.05) is 13.4 Å². The molecule has 1 aromatic carbocycles. The fraction of sp³-hybridized carbons (Fsp3) is 0.429. The zero-order chi connectivity index (χ0) is 15.5. The monoisotopic (exact) mass is 283 g/mol. The van der Waals surface area contributed by atoms with Crippen LogP contribution in [0.4, 0.5) is 0 Å². The quantitative estimate of drug-likeness (QED) is 0.681. The predicted molar refractivity (Wildman–Crippen MR) is 77.3 cm³/mol. The van der Waals surface area contributed by atoms with Gasteiger partial charge >= 0.3 is 0 Å². The first-order valence-electron chi connectivity index (χ1n) is 6.56. The molecule has 6 nitrogen and oxygen atoms in total. The lowest BCUT2D eigenvalue weighted by molar-refractivity contribution is -0.428. The van der Waals surface area contributed by atoms with Gasteiger partial charge in [-0.15, -0.1) is 0 Å². The molecule has 6 heteroatoms. The van der Waals surface area contributed by atoms with Crippen molar-refractivity contribution in [2.24, 2.45) is 0 Å². The summed E-state index contributed by atoms with van der Waals surface area (Å²) in [5.74, 6) is 1.16. The number of aliphatic hydroxyl groups excluding tert-OH is 1. The maximum atomic E-state index is 10.5. The summed E-state index contributed by atoms with van der Waals surface area (Å²) >= 11 is 0. The third kappa shape index (κ3) is 4.89. The molecule has 112 valence electrons. The summed E-state index contributed by atoms with van der Waals surface area (Å²) in [6.07, 6.45) is 1.29. The number of aliphatic hydroxyl groups is 1. The minimum absolute atomic E-state index is 0.157. The number of benzene rings is 1. The third-order valence-electron chi connectivity index (χ3n) is 2.13. The Morgan fingerprint density at radius 1 is 1.30 bits per heavy atom. The van der Waals surface area contributed by atoms with Crippen molar-refractivity contribution >= 4 is 6.08 Å². The second-order valence-electron chi connectivity index (χ2n) is 3.16. The highest BCUT2D eigenvalue weighted by Crippen LogP contribution is 2.33. The number of hydrogen-bond donors (Lipinski definition) is 1. The number of nitrogens with zero attached hydrogens (tertiary/aromatic N) is 1. The normalized spacial score (nSPS) is 11.8. The minimum Gasteiger partial charge on any atom is -0.454 e. The van der Waals surface area contributed by atoms with E-state index in [4.69, 9.17) is 14.6 Å². The standard InChI is InChI=1S/C10H9NO5.2C2H6/c12-5-8(11(13)14)3-7-1-2-9-10(4-7)16-6-15-9;2*1-2/h1-4,12H,5-6H2;2*1-2H3/b8-3+;;. The number of ether oxygens (including phenoxy) is 2. The van der Waals surface area contributed by atoms with Crippen LogP contribution in [0.5, 0.6) is 11.5 Å². The fourth-order valence-corrected chi connectivity index (χ4v) is 1.35. The van der Waals surface area contributed by atoms with Crippen molar-refractivity contribution in [3.8, 4) is 11.5 Å². The molecule has 20 heavy (non-hydrogen) atoms. The lowest BCUT2D eigenvalue weighted by Crippen LogP contribution is -2.02. The van der Waals surface area contributed by atoms with Crippen LogP contribution in [0, 0.1) is 10.1 Å². The second kappa shape index (κ2) is 9.80. The van der Waals surface area contributed by atoms with Crippen LogP contribution < -0.4 is 9.47 Å². The van der Waals surface area contributed by atoms with E-state index in [-0.39, 0.29) is 12.5 Å². The molecule has 0 fully saturated rings. The van der Waals surface area contributed by atoms with Gasteiger partial charge in [0.15, 0.2) is 11.5 Å². The van der Waals surface area contributed by atoms with E-state index in [1.54, 1.807) is 18.2 Å². The molecule has 0 aliphatic carbocycles. The lowest BCUT2D eigenvalue weighted by atomic mass is 10.2. The molecule has 0 radical (unpaired) electrons. The van der Waals surface area contributed by atoms with E-state index in [1.165, 1.54) is 6.08 Å². The van der Waals surface area contributed by atoms with Gasteiger partial charge < -0.3 is 14.6 Å². The van der Waals surface area contributed by atoms with E-state index in [0.717, 1.165) is 0 Å². The smallest absolute Gasteiger partial charge is 0.271 e. The van der Waals surface area contributed by atoms with Crippen LogP contribution in [-0.2, 0) is 0 Å². The van der Waals surface area contributed by atoms with Crippen molar-refractivity contribution in [3.63, 3.8) is 0 Å². The molecule has 1 N–H and O–H groups in total. The van der Waals surface area contributed by atoms with E-state index in [1.807, 2.05) is 27.7 Å². The van der Waals surface area contributed by atoms with Crippen LogP contribution in [0.1, 0.15) is 33.3 Å². The van der Waals surface area contributed by atoms with Crippen LogP contribution in [0.2, 0.25) is 0 Å². The second-order valence-corrected chi connectivity index (χ2v) is 3.16. The van der Waals surface area contributed by atoms with Gasteiger partial charge in [-0.05, 0) is 17.7 Å². The highest BCUT2D eigenvalue weighted by molar-refractivity contribution is 5.57. The fourth-order valence-electron chi connectivity index (χ4n) is 1.35. The molecule has 0 aromatic heterocycles. The van der Waals surface area contributed by atoms with E-state index in [9.17, 15) is 10.1 Å². The summed E-state index contributed by atoms with van der Waals surface area (Å²) in [5, 5.41) is 19.3. The molecule has 2 rings (SSSR count). The van der Waals surface area contributed by atoms with E-state index in [2.05, 4.69) is 0 Å². The number of fused-ring (bicyclic) bond motifs is 1. The first kappa shape index (κ1) is 17.9. The first-order chi connectivity index (χ1) is 9.70. The molecule has 0 spiro atoms. The summed E-state index contributed by atoms with van der Waals surface area (Å²) in [7, 11) is 0. The Bertz CT molecular complexity index is 457. The summed E-state index contributed by atoms with van der Waals surface area (Å²) < 4.78 is 10.2. The average molecular weight is 283 g/mol. The maximum Gasteiger partial charge on any atom is 0.271 e. The van der Waals surface area contributed by atoms with E-state index < -0.39 is 11.5 Å². The molecule has 1 aliphatic rings. The highest BCUT2D eigenvalue weighted by atomic mass is 16.7. The van der Waals surface area contributed by atoms with Gasteiger partial charge in [-0.1, -0.05) is 33.8 Å². The number of nitro groups is 1.